The van der Waals surface area contributed by atoms with Gasteiger partial charge in [0.05, 0.1) is 28.9 Å². The molecule has 4 nitrogen and oxygen atoms in total. The number of hydrogen-bond donors (Lipinski definition) is 1. The number of aromatic amines is 1. The Bertz CT molecular complexity index is 1050. The van der Waals surface area contributed by atoms with Crippen LogP contribution in [-0.2, 0) is 4.74 Å². The minimum atomic E-state index is -0.297. The number of benzene rings is 2. The van der Waals surface area contributed by atoms with E-state index in [0.29, 0.717) is 5.56 Å². The van der Waals surface area contributed by atoms with Crippen molar-refractivity contribution < 1.29 is 9.53 Å². The normalized spacial score (nSPS) is 11.6. The monoisotopic (exact) mass is 304 g/mol. The summed E-state index contributed by atoms with van der Waals surface area (Å²) in [7, 11) is 0. The second-order valence-corrected chi connectivity index (χ2v) is 5.90. The van der Waals surface area contributed by atoms with Crippen LogP contribution in [0.15, 0.2) is 48.7 Å². The van der Waals surface area contributed by atoms with Crippen molar-refractivity contribution in [3.63, 3.8) is 0 Å². The first-order valence-corrected chi connectivity index (χ1v) is 7.63. The Morgan fingerprint density at radius 3 is 2.74 bits per heavy atom. The molecule has 2 aromatic carbocycles. The molecule has 0 unspecified atom stereocenters. The first-order chi connectivity index (χ1) is 11.1. The highest BCUT2D eigenvalue weighted by Crippen LogP contribution is 2.31. The van der Waals surface area contributed by atoms with Crippen molar-refractivity contribution in [1.29, 1.82) is 0 Å². The number of pyridine rings is 1. The van der Waals surface area contributed by atoms with E-state index in [1.165, 1.54) is 0 Å². The fourth-order valence-corrected chi connectivity index (χ4v) is 2.94. The van der Waals surface area contributed by atoms with Gasteiger partial charge in [0.2, 0.25) is 0 Å². The summed E-state index contributed by atoms with van der Waals surface area (Å²) in [5.41, 5.74) is 3.45. The number of esters is 1. The quantitative estimate of drug-likeness (QED) is 0.557. The lowest BCUT2D eigenvalue weighted by Gasteiger charge is -2.07. The lowest BCUT2D eigenvalue weighted by molar-refractivity contribution is 0.0378. The van der Waals surface area contributed by atoms with Gasteiger partial charge in [-0.1, -0.05) is 18.2 Å². The molecule has 114 valence electrons. The van der Waals surface area contributed by atoms with Gasteiger partial charge in [-0.15, -0.1) is 0 Å². The van der Waals surface area contributed by atoms with E-state index in [9.17, 15) is 4.79 Å². The lowest BCUT2D eigenvalue weighted by atomic mass is 10.1. The van der Waals surface area contributed by atoms with E-state index in [0.717, 1.165) is 32.7 Å². The van der Waals surface area contributed by atoms with Crippen LogP contribution in [-0.4, -0.2) is 22.0 Å². The van der Waals surface area contributed by atoms with Gasteiger partial charge in [-0.2, -0.15) is 0 Å². The Morgan fingerprint density at radius 1 is 1.09 bits per heavy atom. The standard InChI is InChI=1S/C19H16N2O2/c1-11(2)23-19(22)12-7-8-16-14(9-12)18-13-5-3-4-6-15(13)20-10-17(18)21-16/h3-11,21H,1-2H3. The molecule has 0 aliphatic carbocycles. The highest BCUT2D eigenvalue weighted by Gasteiger charge is 2.13. The van der Waals surface area contributed by atoms with Gasteiger partial charge in [0.1, 0.15) is 0 Å². The molecule has 0 amide bonds. The van der Waals surface area contributed by atoms with Crippen LogP contribution in [0.5, 0.6) is 0 Å². The van der Waals surface area contributed by atoms with Crippen LogP contribution in [0.4, 0.5) is 0 Å². The van der Waals surface area contributed by atoms with E-state index in [1.54, 1.807) is 6.07 Å². The summed E-state index contributed by atoms with van der Waals surface area (Å²) in [6.45, 7) is 3.70. The fraction of sp³-hybridized carbons (Fsp3) is 0.158. The smallest absolute Gasteiger partial charge is 0.338 e. The average Bonchev–Trinajstić information content (AvgIpc) is 2.92. The second-order valence-electron chi connectivity index (χ2n) is 5.90. The molecule has 4 rings (SSSR count). The van der Waals surface area contributed by atoms with Crippen LogP contribution in [0.3, 0.4) is 0 Å². The van der Waals surface area contributed by atoms with Gasteiger partial charge >= 0.3 is 5.97 Å². The number of nitrogens with one attached hydrogen (secondary N) is 1. The molecule has 0 bridgehead atoms. The van der Waals surface area contributed by atoms with Crippen molar-refractivity contribution in [2.24, 2.45) is 0 Å². The molecule has 1 N–H and O–H groups in total. The number of aromatic nitrogens is 2. The fourth-order valence-electron chi connectivity index (χ4n) is 2.94. The molecule has 0 aliphatic heterocycles. The van der Waals surface area contributed by atoms with Crippen LogP contribution in [0.1, 0.15) is 24.2 Å². The number of carbonyl (C=O) groups excluding carboxylic acids is 1. The van der Waals surface area contributed by atoms with Crippen LogP contribution >= 0.6 is 0 Å². The maximum absolute atomic E-state index is 12.2. The van der Waals surface area contributed by atoms with E-state index in [4.69, 9.17) is 4.74 Å². The number of H-pyrrole nitrogens is 1. The predicted octanol–water partition coefficient (Wildman–Crippen LogP) is 4.43. The number of fused-ring (bicyclic) bond motifs is 5. The number of para-hydroxylation sites is 1. The Hall–Kier alpha value is -2.88. The molecule has 2 aromatic heterocycles. The van der Waals surface area contributed by atoms with Crippen molar-refractivity contribution in [3.8, 4) is 0 Å². The van der Waals surface area contributed by atoms with Crippen molar-refractivity contribution in [1.82, 2.24) is 9.97 Å². The molecule has 0 saturated heterocycles. The molecule has 4 heteroatoms. The first kappa shape index (κ1) is 13.8. The van der Waals surface area contributed by atoms with Gasteiger partial charge in [0, 0.05) is 21.7 Å². The second kappa shape index (κ2) is 5.09. The van der Waals surface area contributed by atoms with E-state index in [1.807, 2.05) is 50.4 Å². The topological polar surface area (TPSA) is 55.0 Å². The first-order valence-electron chi connectivity index (χ1n) is 7.63. The number of ether oxygens (including phenoxy) is 1. The van der Waals surface area contributed by atoms with Crippen LogP contribution in [0, 0.1) is 0 Å². The molecule has 0 spiro atoms. The summed E-state index contributed by atoms with van der Waals surface area (Å²) in [4.78, 5) is 20.0. The Labute approximate surface area is 133 Å². The number of hydrogen-bond acceptors (Lipinski definition) is 3. The maximum Gasteiger partial charge on any atom is 0.338 e. The SMILES string of the molecule is CC(C)OC(=O)c1ccc2[nH]c3cnc4ccccc4c3c2c1. The zero-order chi connectivity index (χ0) is 16.0. The molecular formula is C19H16N2O2. The Morgan fingerprint density at radius 2 is 1.91 bits per heavy atom. The van der Waals surface area contributed by atoms with Gasteiger partial charge in [-0.3, -0.25) is 4.98 Å². The molecule has 0 atom stereocenters. The molecule has 23 heavy (non-hydrogen) atoms. The van der Waals surface area contributed by atoms with Gasteiger partial charge in [0.25, 0.3) is 0 Å². The van der Waals surface area contributed by atoms with Crippen molar-refractivity contribution >= 4 is 38.7 Å². The van der Waals surface area contributed by atoms with Gasteiger partial charge in [0.15, 0.2) is 0 Å². The maximum atomic E-state index is 12.2. The van der Waals surface area contributed by atoms with Crippen molar-refractivity contribution in [2.75, 3.05) is 0 Å². The molecule has 4 aromatic rings. The van der Waals surface area contributed by atoms with E-state index in [2.05, 4.69) is 16.0 Å². The third kappa shape index (κ3) is 2.23. The van der Waals surface area contributed by atoms with E-state index < -0.39 is 0 Å². The summed E-state index contributed by atoms with van der Waals surface area (Å²) in [6, 6.07) is 13.6. The van der Waals surface area contributed by atoms with Crippen LogP contribution in [0.2, 0.25) is 0 Å². The van der Waals surface area contributed by atoms with Crippen LogP contribution in [0.25, 0.3) is 32.7 Å². The highest BCUT2D eigenvalue weighted by atomic mass is 16.5. The minimum absolute atomic E-state index is 0.133. The summed E-state index contributed by atoms with van der Waals surface area (Å²) in [5.74, 6) is -0.297. The van der Waals surface area contributed by atoms with Gasteiger partial charge in [-0.25, -0.2) is 4.79 Å². The molecule has 0 fully saturated rings. The molecule has 0 aliphatic rings. The van der Waals surface area contributed by atoms with Crippen molar-refractivity contribution in [3.05, 3.63) is 54.2 Å². The summed E-state index contributed by atoms with van der Waals surface area (Å²) < 4.78 is 5.30. The summed E-state index contributed by atoms with van der Waals surface area (Å²) in [5, 5.41) is 3.17. The molecule has 0 saturated carbocycles. The zero-order valence-electron chi connectivity index (χ0n) is 13.0. The number of carbonyl (C=O) groups is 1. The van der Waals surface area contributed by atoms with Crippen LogP contribution < -0.4 is 0 Å². The third-order valence-corrected chi connectivity index (χ3v) is 3.91. The van der Waals surface area contributed by atoms with Gasteiger partial charge in [-0.05, 0) is 38.1 Å². The van der Waals surface area contributed by atoms with E-state index in [-0.39, 0.29) is 12.1 Å². The van der Waals surface area contributed by atoms with E-state index >= 15 is 0 Å². The summed E-state index contributed by atoms with van der Waals surface area (Å²) >= 11 is 0. The minimum Gasteiger partial charge on any atom is -0.459 e. The lowest BCUT2D eigenvalue weighted by Crippen LogP contribution is -2.11. The number of nitrogens with zero attached hydrogens (tertiary/aromatic N) is 1. The third-order valence-electron chi connectivity index (χ3n) is 3.91. The largest absolute Gasteiger partial charge is 0.459 e. The molecular weight excluding hydrogens is 288 g/mol. The zero-order valence-corrected chi connectivity index (χ0v) is 13.0. The molecule has 0 radical (unpaired) electrons. The molecule has 2 heterocycles. The Balaban J connectivity index is 2.01. The summed E-state index contributed by atoms with van der Waals surface area (Å²) in [6.07, 6.45) is 1.70. The van der Waals surface area contributed by atoms with Crippen molar-refractivity contribution in [2.45, 2.75) is 20.0 Å². The highest BCUT2D eigenvalue weighted by molar-refractivity contribution is 6.19. The number of rotatable bonds is 2. The average molecular weight is 304 g/mol. The Kier molecular flexibility index (Phi) is 3.05. The predicted molar refractivity (Wildman–Crippen MR) is 91.7 cm³/mol. The van der Waals surface area contributed by atoms with Gasteiger partial charge < -0.3 is 9.72 Å².